The molecule has 0 saturated carbocycles. The highest BCUT2D eigenvalue weighted by Crippen LogP contribution is 2.17. The van der Waals surface area contributed by atoms with Gasteiger partial charge in [0.1, 0.15) is 6.10 Å². The Morgan fingerprint density at radius 2 is 2.28 bits per heavy atom. The summed E-state index contributed by atoms with van der Waals surface area (Å²) in [6.07, 6.45) is 4.14. The smallest absolute Gasteiger partial charge is 0.234 e. The van der Waals surface area contributed by atoms with Crippen LogP contribution in [0.3, 0.4) is 0 Å². The van der Waals surface area contributed by atoms with E-state index in [2.05, 4.69) is 9.97 Å². The van der Waals surface area contributed by atoms with Gasteiger partial charge >= 0.3 is 0 Å². The molecule has 1 aromatic rings. The van der Waals surface area contributed by atoms with E-state index in [-0.39, 0.29) is 12.0 Å². The van der Waals surface area contributed by atoms with Crippen molar-refractivity contribution < 1.29 is 9.53 Å². The first-order chi connectivity index (χ1) is 8.56. The van der Waals surface area contributed by atoms with Crippen molar-refractivity contribution in [1.82, 2.24) is 14.9 Å². The number of carbonyl (C=O) groups is 1. The maximum absolute atomic E-state index is 11.2. The van der Waals surface area contributed by atoms with E-state index in [1.165, 1.54) is 0 Å². The molecule has 18 heavy (non-hydrogen) atoms. The lowest BCUT2D eigenvalue weighted by Gasteiger charge is -2.16. The maximum Gasteiger partial charge on any atom is 0.234 e. The largest absolute Gasteiger partial charge is 0.471 e. The minimum absolute atomic E-state index is 0.0145. The molecule has 1 fully saturated rings. The lowest BCUT2D eigenvalue weighted by molar-refractivity contribution is -0.128. The Labute approximate surface area is 107 Å². The average Bonchev–Trinajstić information content (AvgIpc) is 2.78. The molecule has 0 unspecified atom stereocenters. The van der Waals surface area contributed by atoms with Crippen LogP contribution in [0.5, 0.6) is 5.88 Å². The molecule has 0 bridgehead atoms. The van der Waals surface area contributed by atoms with Gasteiger partial charge in [0, 0.05) is 34.0 Å². The molecule has 0 N–H and O–H groups in total. The number of anilines is 1. The molecule has 0 spiro atoms. The van der Waals surface area contributed by atoms with Gasteiger partial charge in [-0.1, -0.05) is 0 Å². The predicted octanol–water partition coefficient (Wildman–Crippen LogP) is 0.542. The summed E-state index contributed by atoms with van der Waals surface area (Å²) >= 11 is 0. The normalized spacial score (nSPS) is 18.8. The van der Waals surface area contributed by atoms with Crippen molar-refractivity contribution in [2.24, 2.45) is 0 Å². The number of likely N-dealkylation sites (tertiary alicyclic amines) is 1. The number of hydrogen-bond donors (Lipinski definition) is 0. The molecule has 1 aliphatic rings. The van der Waals surface area contributed by atoms with Crippen LogP contribution in [0.25, 0.3) is 0 Å². The summed E-state index contributed by atoms with van der Waals surface area (Å²) in [5, 5.41) is 0. The van der Waals surface area contributed by atoms with Gasteiger partial charge in [-0.25, -0.2) is 0 Å². The number of aromatic nitrogens is 2. The fraction of sp³-hybridized carbons (Fsp3) is 0.583. The first-order valence-electron chi connectivity index (χ1n) is 5.98. The summed E-state index contributed by atoms with van der Waals surface area (Å²) in [6.45, 7) is 2.96. The summed E-state index contributed by atoms with van der Waals surface area (Å²) in [6, 6.07) is 0. The van der Waals surface area contributed by atoms with E-state index in [0.29, 0.717) is 12.4 Å². The van der Waals surface area contributed by atoms with E-state index in [1.807, 2.05) is 19.0 Å². The van der Waals surface area contributed by atoms with Gasteiger partial charge in [0.15, 0.2) is 5.82 Å². The Hall–Kier alpha value is -1.85. The fourth-order valence-corrected chi connectivity index (χ4v) is 1.89. The number of hydrogen-bond acceptors (Lipinski definition) is 5. The van der Waals surface area contributed by atoms with Crippen LogP contribution in [0.15, 0.2) is 12.4 Å². The molecular weight excluding hydrogens is 232 g/mol. The third-order valence-electron chi connectivity index (χ3n) is 2.94. The van der Waals surface area contributed by atoms with Gasteiger partial charge in [0.2, 0.25) is 11.8 Å². The molecule has 6 heteroatoms. The third-order valence-corrected chi connectivity index (χ3v) is 2.94. The Bertz CT molecular complexity index is 436. The number of rotatable bonds is 3. The SMILES string of the molecule is CC(=O)N1CC[C@H](Oc2cncc(N(C)C)n2)C1. The van der Waals surface area contributed by atoms with Crippen molar-refractivity contribution >= 4 is 11.7 Å². The standard InChI is InChI=1S/C12H18N4O2/c1-9(17)16-5-4-10(8-16)18-12-7-13-6-11(14-12)15(2)3/h6-7,10H,4-5,8H2,1-3H3/t10-/m0/s1. The van der Waals surface area contributed by atoms with Crippen molar-refractivity contribution in [3.8, 4) is 5.88 Å². The first kappa shape index (κ1) is 12.6. The van der Waals surface area contributed by atoms with E-state index in [1.54, 1.807) is 24.2 Å². The van der Waals surface area contributed by atoms with Crippen molar-refractivity contribution in [2.45, 2.75) is 19.4 Å². The summed E-state index contributed by atoms with van der Waals surface area (Å²) in [7, 11) is 3.81. The zero-order valence-electron chi connectivity index (χ0n) is 11.0. The Morgan fingerprint density at radius 1 is 1.50 bits per heavy atom. The molecule has 98 valence electrons. The zero-order chi connectivity index (χ0) is 13.1. The van der Waals surface area contributed by atoms with E-state index in [4.69, 9.17) is 4.74 Å². The van der Waals surface area contributed by atoms with Gasteiger partial charge in [-0.3, -0.25) is 9.78 Å². The lowest BCUT2D eigenvalue weighted by Crippen LogP contribution is -2.28. The lowest BCUT2D eigenvalue weighted by atomic mass is 10.3. The molecule has 2 heterocycles. The maximum atomic E-state index is 11.2. The molecular formula is C12H18N4O2. The van der Waals surface area contributed by atoms with Crippen molar-refractivity contribution in [3.05, 3.63) is 12.4 Å². The van der Waals surface area contributed by atoms with Crippen molar-refractivity contribution in [2.75, 3.05) is 32.1 Å². The molecule has 0 radical (unpaired) electrons. The van der Waals surface area contributed by atoms with Crippen LogP contribution >= 0.6 is 0 Å². The molecule has 0 aromatic carbocycles. The summed E-state index contributed by atoms with van der Waals surface area (Å²) in [5.41, 5.74) is 0. The summed E-state index contributed by atoms with van der Waals surface area (Å²) < 4.78 is 5.75. The van der Waals surface area contributed by atoms with Crippen molar-refractivity contribution in [1.29, 1.82) is 0 Å². The van der Waals surface area contributed by atoms with Crippen LogP contribution in [0.4, 0.5) is 5.82 Å². The second-order valence-corrected chi connectivity index (χ2v) is 4.60. The molecule has 1 amide bonds. The van der Waals surface area contributed by atoms with Gasteiger partial charge in [-0.2, -0.15) is 4.98 Å². The monoisotopic (exact) mass is 250 g/mol. The predicted molar refractivity (Wildman–Crippen MR) is 67.6 cm³/mol. The molecule has 1 aromatic heterocycles. The van der Waals surface area contributed by atoms with Gasteiger partial charge in [0.25, 0.3) is 0 Å². The van der Waals surface area contributed by atoms with Crippen molar-refractivity contribution in [3.63, 3.8) is 0 Å². The second kappa shape index (κ2) is 5.20. The highest BCUT2D eigenvalue weighted by Gasteiger charge is 2.25. The summed E-state index contributed by atoms with van der Waals surface area (Å²) in [5.74, 6) is 1.36. The minimum Gasteiger partial charge on any atom is -0.471 e. The fourth-order valence-electron chi connectivity index (χ4n) is 1.89. The van der Waals surface area contributed by atoms with Crippen LogP contribution in [0.1, 0.15) is 13.3 Å². The van der Waals surface area contributed by atoms with E-state index in [9.17, 15) is 4.79 Å². The van der Waals surface area contributed by atoms with Crippen LogP contribution in [0, 0.1) is 0 Å². The number of ether oxygens (including phenoxy) is 1. The van der Waals surface area contributed by atoms with E-state index in [0.717, 1.165) is 18.8 Å². The van der Waals surface area contributed by atoms with Crippen LogP contribution in [-0.4, -0.2) is 54.1 Å². The molecule has 1 aliphatic heterocycles. The zero-order valence-corrected chi connectivity index (χ0v) is 11.0. The van der Waals surface area contributed by atoms with Gasteiger partial charge in [0.05, 0.1) is 18.9 Å². The summed E-state index contributed by atoms with van der Waals surface area (Å²) in [4.78, 5) is 23.3. The van der Waals surface area contributed by atoms with E-state index >= 15 is 0 Å². The number of amides is 1. The molecule has 1 saturated heterocycles. The third kappa shape index (κ3) is 2.88. The average molecular weight is 250 g/mol. The molecule has 2 rings (SSSR count). The topological polar surface area (TPSA) is 58.6 Å². The van der Waals surface area contributed by atoms with Crippen LogP contribution < -0.4 is 9.64 Å². The van der Waals surface area contributed by atoms with Crippen LogP contribution in [-0.2, 0) is 4.79 Å². The number of carbonyl (C=O) groups excluding carboxylic acids is 1. The van der Waals surface area contributed by atoms with Gasteiger partial charge in [-0.05, 0) is 0 Å². The quantitative estimate of drug-likeness (QED) is 0.783. The van der Waals surface area contributed by atoms with Gasteiger partial charge in [-0.15, -0.1) is 0 Å². The van der Waals surface area contributed by atoms with Gasteiger partial charge < -0.3 is 14.5 Å². The molecule has 0 aliphatic carbocycles. The Morgan fingerprint density at radius 3 is 2.89 bits per heavy atom. The first-order valence-corrected chi connectivity index (χ1v) is 5.98. The highest BCUT2D eigenvalue weighted by atomic mass is 16.5. The molecule has 1 atom stereocenters. The number of nitrogens with zero attached hydrogens (tertiary/aromatic N) is 4. The molecule has 6 nitrogen and oxygen atoms in total. The van der Waals surface area contributed by atoms with Crippen LogP contribution in [0.2, 0.25) is 0 Å². The Balaban J connectivity index is 1.98. The Kier molecular flexibility index (Phi) is 3.64. The van der Waals surface area contributed by atoms with E-state index < -0.39 is 0 Å². The minimum atomic E-state index is 0.0145. The second-order valence-electron chi connectivity index (χ2n) is 4.60. The highest BCUT2D eigenvalue weighted by molar-refractivity contribution is 5.73.